The number of halogens is 1. The summed E-state index contributed by atoms with van der Waals surface area (Å²) in [6.07, 6.45) is 5.97. The molecule has 2 nitrogen and oxygen atoms in total. The molecule has 1 unspecified atom stereocenters. The van der Waals surface area contributed by atoms with Gasteiger partial charge in [0.1, 0.15) is 11.3 Å². The predicted molar refractivity (Wildman–Crippen MR) is 96.9 cm³/mol. The Labute approximate surface area is 141 Å². The van der Waals surface area contributed by atoms with E-state index in [-0.39, 0.29) is 0 Å². The van der Waals surface area contributed by atoms with Gasteiger partial charge in [-0.1, -0.05) is 13.8 Å². The third-order valence-electron chi connectivity index (χ3n) is 4.52. The normalized spacial score (nSPS) is 18.4. The van der Waals surface area contributed by atoms with Gasteiger partial charge in [-0.05, 0) is 79.6 Å². The summed E-state index contributed by atoms with van der Waals surface area (Å²) < 4.78 is 7.37. The highest BCUT2D eigenvalue weighted by Gasteiger charge is 2.27. The molecule has 0 aliphatic heterocycles. The Bertz CT molecular complexity index is 613. The van der Waals surface area contributed by atoms with Crippen molar-refractivity contribution >= 4 is 33.6 Å². The minimum Gasteiger partial charge on any atom is -0.461 e. The Balaban J connectivity index is 1.89. The van der Waals surface area contributed by atoms with Crippen LogP contribution >= 0.6 is 22.6 Å². The fourth-order valence-electron chi connectivity index (χ4n) is 3.60. The van der Waals surface area contributed by atoms with E-state index in [0.29, 0.717) is 6.04 Å². The molecule has 0 radical (unpaired) electrons. The summed E-state index contributed by atoms with van der Waals surface area (Å²) in [5.74, 6) is 1.23. The van der Waals surface area contributed by atoms with Gasteiger partial charge in [0.2, 0.25) is 0 Å². The van der Waals surface area contributed by atoms with Crippen LogP contribution in [0.25, 0.3) is 11.0 Å². The van der Waals surface area contributed by atoms with Crippen LogP contribution in [-0.4, -0.2) is 24.0 Å². The first-order valence-electron chi connectivity index (χ1n) is 8.16. The van der Waals surface area contributed by atoms with Gasteiger partial charge in [0, 0.05) is 27.0 Å². The van der Waals surface area contributed by atoms with Gasteiger partial charge in [0.15, 0.2) is 0 Å². The number of benzene rings is 1. The molecular weight excluding hydrogens is 373 g/mol. The van der Waals surface area contributed by atoms with Gasteiger partial charge in [-0.3, -0.25) is 0 Å². The van der Waals surface area contributed by atoms with Crippen LogP contribution in [0, 0.1) is 3.57 Å². The largest absolute Gasteiger partial charge is 0.461 e. The van der Waals surface area contributed by atoms with Gasteiger partial charge in [-0.25, -0.2) is 0 Å². The fraction of sp³-hybridized carbons (Fsp3) is 0.556. The molecule has 0 N–H and O–H groups in total. The molecule has 1 aliphatic carbocycles. The van der Waals surface area contributed by atoms with Crippen LogP contribution in [0.1, 0.15) is 44.4 Å². The SMILES string of the molecule is CCCN(CCC)C1CCc2oc3ccc(I)cc3c2C1. The van der Waals surface area contributed by atoms with E-state index >= 15 is 0 Å². The molecule has 3 heteroatoms. The average molecular weight is 397 g/mol. The van der Waals surface area contributed by atoms with Crippen LogP contribution in [0.15, 0.2) is 22.6 Å². The van der Waals surface area contributed by atoms with Gasteiger partial charge >= 0.3 is 0 Å². The first kappa shape index (κ1) is 15.3. The summed E-state index contributed by atoms with van der Waals surface area (Å²) in [7, 11) is 0. The minimum absolute atomic E-state index is 0.691. The van der Waals surface area contributed by atoms with E-state index in [1.807, 2.05) is 0 Å². The van der Waals surface area contributed by atoms with E-state index in [9.17, 15) is 0 Å². The van der Waals surface area contributed by atoms with Crippen molar-refractivity contribution in [2.75, 3.05) is 13.1 Å². The van der Waals surface area contributed by atoms with Gasteiger partial charge in [-0.15, -0.1) is 0 Å². The zero-order chi connectivity index (χ0) is 14.8. The van der Waals surface area contributed by atoms with Gasteiger partial charge in [0.05, 0.1) is 0 Å². The quantitative estimate of drug-likeness (QED) is 0.659. The summed E-state index contributed by atoms with van der Waals surface area (Å²) >= 11 is 2.39. The van der Waals surface area contributed by atoms with Crippen LogP contribution in [0.2, 0.25) is 0 Å². The van der Waals surface area contributed by atoms with E-state index in [2.05, 4.69) is 59.5 Å². The third kappa shape index (κ3) is 3.14. The molecule has 1 heterocycles. The standard InChI is InChI=1S/C18H24INO/c1-3-9-20(10-4-2)14-6-8-18-16(12-14)15-11-13(19)5-7-17(15)21-18/h5,7,11,14H,3-4,6,8-10,12H2,1-2H3. The van der Waals surface area contributed by atoms with Crippen molar-refractivity contribution in [2.24, 2.45) is 0 Å². The van der Waals surface area contributed by atoms with E-state index < -0.39 is 0 Å². The van der Waals surface area contributed by atoms with Crippen molar-refractivity contribution < 1.29 is 4.42 Å². The van der Waals surface area contributed by atoms with Crippen LogP contribution in [0.4, 0.5) is 0 Å². The highest BCUT2D eigenvalue weighted by atomic mass is 127. The fourth-order valence-corrected chi connectivity index (χ4v) is 4.09. The van der Waals surface area contributed by atoms with Gasteiger partial charge in [0.25, 0.3) is 0 Å². The van der Waals surface area contributed by atoms with Crippen LogP contribution < -0.4 is 0 Å². The van der Waals surface area contributed by atoms with Crippen molar-refractivity contribution in [2.45, 2.75) is 52.0 Å². The number of aryl methyl sites for hydroxylation is 1. The molecule has 114 valence electrons. The van der Waals surface area contributed by atoms with Crippen molar-refractivity contribution in [1.29, 1.82) is 0 Å². The molecule has 1 aliphatic rings. The first-order chi connectivity index (χ1) is 10.2. The number of rotatable bonds is 5. The molecule has 3 rings (SSSR count). The zero-order valence-corrected chi connectivity index (χ0v) is 15.2. The Morgan fingerprint density at radius 2 is 2.00 bits per heavy atom. The van der Waals surface area contributed by atoms with E-state index in [1.165, 1.54) is 52.6 Å². The third-order valence-corrected chi connectivity index (χ3v) is 5.19. The van der Waals surface area contributed by atoms with E-state index in [1.54, 1.807) is 0 Å². The van der Waals surface area contributed by atoms with Crippen LogP contribution in [0.5, 0.6) is 0 Å². The number of furan rings is 1. The van der Waals surface area contributed by atoms with Crippen LogP contribution in [0.3, 0.4) is 0 Å². The Morgan fingerprint density at radius 1 is 1.24 bits per heavy atom. The van der Waals surface area contributed by atoms with Gasteiger partial charge in [-0.2, -0.15) is 0 Å². The maximum atomic E-state index is 6.07. The maximum Gasteiger partial charge on any atom is 0.134 e. The molecule has 2 aromatic rings. The molecule has 0 saturated carbocycles. The van der Waals surface area contributed by atoms with Crippen LogP contribution in [-0.2, 0) is 12.8 Å². The Morgan fingerprint density at radius 3 is 2.71 bits per heavy atom. The average Bonchev–Trinajstić information content (AvgIpc) is 2.84. The van der Waals surface area contributed by atoms with E-state index in [0.717, 1.165) is 18.4 Å². The van der Waals surface area contributed by atoms with Gasteiger partial charge < -0.3 is 9.32 Å². The summed E-state index contributed by atoms with van der Waals surface area (Å²) in [4.78, 5) is 2.69. The first-order valence-corrected chi connectivity index (χ1v) is 9.24. The zero-order valence-electron chi connectivity index (χ0n) is 13.0. The lowest BCUT2D eigenvalue weighted by Crippen LogP contribution is -2.40. The number of fused-ring (bicyclic) bond motifs is 3. The highest BCUT2D eigenvalue weighted by Crippen LogP contribution is 2.34. The molecule has 0 fully saturated rings. The van der Waals surface area contributed by atoms with Crippen molar-refractivity contribution in [1.82, 2.24) is 4.90 Å². The summed E-state index contributed by atoms with van der Waals surface area (Å²) in [5.41, 5.74) is 2.54. The summed E-state index contributed by atoms with van der Waals surface area (Å²) in [6, 6.07) is 7.23. The summed E-state index contributed by atoms with van der Waals surface area (Å²) in [6.45, 7) is 7.02. The predicted octanol–water partition coefficient (Wildman–Crippen LogP) is 5.02. The number of hydrogen-bond donors (Lipinski definition) is 0. The molecular formula is C18H24INO. The lowest BCUT2D eigenvalue weighted by atomic mass is 9.90. The molecule has 1 atom stereocenters. The number of nitrogens with zero attached hydrogens (tertiary/aromatic N) is 1. The molecule has 0 bridgehead atoms. The van der Waals surface area contributed by atoms with Crippen molar-refractivity contribution in [3.8, 4) is 0 Å². The molecule has 1 aromatic carbocycles. The van der Waals surface area contributed by atoms with Crippen molar-refractivity contribution in [3.63, 3.8) is 0 Å². The van der Waals surface area contributed by atoms with E-state index in [4.69, 9.17) is 4.42 Å². The Hall–Kier alpha value is -0.550. The lowest BCUT2D eigenvalue weighted by molar-refractivity contribution is 0.177. The van der Waals surface area contributed by atoms with Crippen molar-refractivity contribution in [3.05, 3.63) is 33.1 Å². The molecule has 21 heavy (non-hydrogen) atoms. The topological polar surface area (TPSA) is 16.4 Å². The second-order valence-electron chi connectivity index (χ2n) is 6.08. The second kappa shape index (κ2) is 6.69. The monoisotopic (exact) mass is 397 g/mol. The number of hydrogen-bond acceptors (Lipinski definition) is 2. The smallest absolute Gasteiger partial charge is 0.134 e. The highest BCUT2D eigenvalue weighted by molar-refractivity contribution is 14.1. The molecule has 0 spiro atoms. The molecule has 0 amide bonds. The second-order valence-corrected chi connectivity index (χ2v) is 7.32. The summed E-state index contributed by atoms with van der Waals surface area (Å²) in [5, 5.41) is 1.34. The molecule has 1 aromatic heterocycles. The lowest BCUT2D eigenvalue weighted by Gasteiger charge is -2.33. The maximum absolute atomic E-state index is 6.07. The Kier molecular flexibility index (Phi) is 4.89. The minimum atomic E-state index is 0.691. The molecule has 0 saturated heterocycles.